The number of carbonyl (C=O) groups is 1. The van der Waals surface area contributed by atoms with Crippen LogP contribution in [0.1, 0.15) is 22.6 Å². The van der Waals surface area contributed by atoms with Crippen molar-refractivity contribution in [3.63, 3.8) is 0 Å². The highest BCUT2D eigenvalue weighted by Gasteiger charge is 2.26. The van der Waals surface area contributed by atoms with E-state index in [1.54, 1.807) is 12.1 Å². The van der Waals surface area contributed by atoms with E-state index < -0.39 is 12.5 Å². The zero-order chi connectivity index (χ0) is 18.0. The predicted molar refractivity (Wildman–Crippen MR) is 86.1 cm³/mol. The average Bonchev–Trinajstić information content (AvgIpc) is 3.08. The van der Waals surface area contributed by atoms with Gasteiger partial charge in [0.25, 0.3) is 5.91 Å². The van der Waals surface area contributed by atoms with E-state index in [1.807, 2.05) is 4.90 Å². The number of halogens is 4. The summed E-state index contributed by atoms with van der Waals surface area (Å²) in [5, 5.41) is 3.83. The Labute approximate surface area is 147 Å². The van der Waals surface area contributed by atoms with Gasteiger partial charge in [0.15, 0.2) is 0 Å². The first kappa shape index (κ1) is 17.8. The van der Waals surface area contributed by atoms with Gasteiger partial charge in [0, 0.05) is 49.5 Å². The van der Waals surface area contributed by atoms with Gasteiger partial charge in [-0.1, -0.05) is 17.7 Å². The molecule has 9 heteroatoms. The number of amides is 1. The largest absolute Gasteiger partial charge is 0.335 e. The molecular formula is C16H16ClF3N4O. The number of nitrogens with zero attached hydrogens (tertiary/aromatic N) is 4. The molecule has 2 aromatic rings. The van der Waals surface area contributed by atoms with Gasteiger partial charge in [-0.15, -0.1) is 0 Å². The standard InChI is InChI=1S/C16H16ClF3N4O/c17-12-2-1-3-13(18)11(12)10-22-6-8-23(9-7-22)15(25)14-4-5-21-24(14)16(19)20/h1-5,16H,6-10H2. The van der Waals surface area contributed by atoms with Crippen LogP contribution in [0, 0.1) is 5.82 Å². The average molecular weight is 373 g/mol. The summed E-state index contributed by atoms with van der Waals surface area (Å²) >= 11 is 6.03. The molecule has 134 valence electrons. The first-order valence-electron chi connectivity index (χ1n) is 7.73. The lowest BCUT2D eigenvalue weighted by Crippen LogP contribution is -2.48. The van der Waals surface area contributed by atoms with Crippen LogP contribution in [-0.4, -0.2) is 51.7 Å². The van der Waals surface area contributed by atoms with E-state index in [0.717, 1.165) is 0 Å². The van der Waals surface area contributed by atoms with Crippen molar-refractivity contribution in [2.45, 2.75) is 13.1 Å². The fourth-order valence-electron chi connectivity index (χ4n) is 2.82. The molecule has 2 heterocycles. The number of hydrogen-bond donors (Lipinski definition) is 0. The topological polar surface area (TPSA) is 41.4 Å². The molecule has 1 aliphatic heterocycles. The third kappa shape index (κ3) is 3.80. The maximum Gasteiger partial charge on any atom is 0.333 e. The summed E-state index contributed by atoms with van der Waals surface area (Å²) in [6.45, 7) is -0.807. The lowest BCUT2D eigenvalue weighted by Gasteiger charge is -2.34. The van der Waals surface area contributed by atoms with Gasteiger partial charge in [0.2, 0.25) is 0 Å². The molecule has 3 rings (SSSR count). The molecule has 1 aromatic heterocycles. The van der Waals surface area contributed by atoms with Crippen LogP contribution in [0.25, 0.3) is 0 Å². The second-order valence-electron chi connectivity index (χ2n) is 5.71. The molecule has 0 N–H and O–H groups in total. The second kappa shape index (κ2) is 7.45. The predicted octanol–water partition coefficient (Wildman–Crippen LogP) is 3.03. The van der Waals surface area contributed by atoms with Crippen LogP contribution in [0.3, 0.4) is 0 Å². The van der Waals surface area contributed by atoms with Crippen LogP contribution < -0.4 is 0 Å². The first-order valence-corrected chi connectivity index (χ1v) is 8.11. The van der Waals surface area contributed by atoms with E-state index >= 15 is 0 Å². The molecule has 1 amide bonds. The minimum atomic E-state index is -2.86. The minimum absolute atomic E-state index is 0.138. The van der Waals surface area contributed by atoms with Crippen molar-refractivity contribution in [3.8, 4) is 0 Å². The molecule has 0 bridgehead atoms. The van der Waals surface area contributed by atoms with E-state index in [1.165, 1.54) is 23.2 Å². The molecule has 1 aliphatic rings. The molecule has 0 unspecified atom stereocenters. The lowest BCUT2D eigenvalue weighted by atomic mass is 10.1. The smallest absolute Gasteiger partial charge is 0.333 e. The van der Waals surface area contributed by atoms with Crippen LogP contribution in [-0.2, 0) is 6.54 Å². The molecule has 5 nitrogen and oxygen atoms in total. The number of hydrogen-bond acceptors (Lipinski definition) is 3. The third-order valence-electron chi connectivity index (χ3n) is 4.18. The Morgan fingerprint density at radius 2 is 1.92 bits per heavy atom. The Bertz CT molecular complexity index is 739. The number of benzene rings is 1. The number of aromatic nitrogens is 2. The summed E-state index contributed by atoms with van der Waals surface area (Å²) in [6.07, 6.45) is 1.18. The normalized spacial score (nSPS) is 15.8. The number of carbonyl (C=O) groups excluding carboxylic acids is 1. The molecule has 1 aromatic carbocycles. The molecule has 1 fully saturated rings. The number of alkyl halides is 2. The van der Waals surface area contributed by atoms with Crippen LogP contribution >= 0.6 is 11.6 Å². The van der Waals surface area contributed by atoms with Gasteiger partial charge in [0.05, 0.1) is 0 Å². The maximum atomic E-state index is 13.9. The fourth-order valence-corrected chi connectivity index (χ4v) is 3.04. The summed E-state index contributed by atoms with van der Waals surface area (Å²) < 4.78 is 40.0. The third-order valence-corrected chi connectivity index (χ3v) is 4.53. The monoisotopic (exact) mass is 372 g/mol. The zero-order valence-corrected chi connectivity index (χ0v) is 14.0. The van der Waals surface area contributed by atoms with Crippen molar-refractivity contribution < 1.29 is 18.0 Å². The summed E-state index contributed by atoms with van der Waals surface area (Å²) in [5.41, 5.74) is 0.278. The highest BCUT2D eigenvalue weighted by atomic mass is 35.5. The molecule has 0 saturated carbocycles. The van der Waals surface area contributed by atoms with Gasteiger partial charge >= 0.3 is 6.55 Å². The van der Waals surface area contributed by atoms with Gasteiger partial charge in [-0.05, 0) is 18.2 Å². The molecule has 0 radical (unpaired) electrons. The SMILES string of the molecule is O=C(c1ccnn1C(F)F)N1CCN(Cc2c(F)cccc2Cl)CC1. The number of rotatable bonds is 4. The van der Waals surface area contributed by atoms with E-state index in [2.05, 4.69) is 5.10 Å². The minimum Gasteiger partial charge on any atom is -0.335 e. The van der Waals surface area contributed by atoms with Gasteiger partial charge in [0.1, 0.15) is 11.5 Å². The van der Waals surface area contributed by atoms with Crippen molar-refractivity contribution in [3.05, 3.63) is 52.6 Å². The van der Waals surface area contributed by atoms with Gasteiger partial charge in [-0.25, -0.2) is 4.39 Å². The van der Waals surface area contributed by atoms with E-state index in [0.29, 0.717) is 48.0 Å². The Morgan fingerprint density at radius 3 is 2.56 bits per heavy atom. The van der Waals surface area contributed by atoms with Crippen molar-refractivity contribution in [2.24, 2.45) is 0 Å². The van der Waals surface area contributed by atoms with Crippen molar-refractivity contribution >= 4 is 17.5 Å². The quantitative estimate of drug-likeness (QED) is 0.828. The second-order valence-corrected chi connectivity index (χ2v) is 6.11. The summed E-state index contributed by atoms with van der Waals surface area (Å²) in [6, 6.07) is 5.81. The molecular weight excluding hydrogens is 357 g/mol. The van der Waals surface area contributed by atoms with Crippen LogP contribution in [0.4, 0.5) is 13.2 Å². The van der Waals surface area contributed by atoms with E-state index in [4.69, 9.17) is 11.6 Å². The van der Waals surface area contributed by atoms with Crippen LogP contribution in [0.5, 0.6) is 0 Å². The zero-order valence-electron chi connectivity index (χ0n) is 13.2. The van der Waals surface area contributed by atoms with Crippen molar-refractivity contribution in [1.29, 1.82) is 0 Å². The molecule has 25 heavy (non-hydrogen) atoms. The number of piperazine rings is 1. The molecule has 0 spiro atoms. The summed E-state index contributed by atoms with van der Waals surface area (Å²) in [5.74, 6) is -0.854. The highest BCUT2D eigenvalue weighted by Crippen LogP contribution is 2.22. The fraction of sp³-hybridized carbons (Fsp3) is 0.375. The van der Waals surface area contributed by atoms with E-state index in [-0.39, 0.29) is 11.5 Å². The Balaban J connectivity index is 1.62. The molecule has 0 atom stereocenters. The Kier molecular flexibility index (Phi) is 5.29. The van der Waals surface area contributed by atoms with E-state index in [9.17, 15) is 18.0 Å². The van der Waals surface area contributed by atoms with Crippen LogP contribution in [0.2, 0.25) is 5.02 Å². The maximum absolute atomic E-state index is 13.9. The first-order chi connectivity index (χ1) is 12.0. The lowest BCUT2D eigenvalue weighted by molar-refractivity contribution is 0.0423. The summed E-state index contributed by atoms with van der Waals surface area (Å²) in [7, 11) is 0. The van der Waals surface area contributed by atoms with Gasteiger partial charge in [-0.2, -0.15) is 18.6 Å². The summed E-state index contributed by atoms with van der Waals surface area (Å²) in [4.78, 5) is 15.9. The molecule has 0 aliphatic carbocycles. The van der Waals surface area contributed by atoms with Gasteiger partial charge < -0.3 is 4.90 Å². The highest BCUT2D eigenvalue weighted by molar-refractivity contribution is 6.31. The van der Waals surface area contributed by atoms with Crippen molar-refractivity contribution in [2.75, 3.05) is 26.2 Å². The van der Waals surface area contributed by atoms with Gasteiger partial charge in [-0.3, -0.25) is 9.69 Å². The van der Waals surface area contributed by atoms with Crippen LogP contribution in [0.15, 0.2) is 30.5 Å². The Hall–Kier alpha value is -2.06. The molecule has 1 saturated heterocycles. The Morgan fingerprint density at radius 1 is 1.20 bits per heavy atom. The van der Waals surface area contributed by atoms with Crippen molar-refractivity contribution in [1.82, 2.24) is 19.6 Å².